The Balaban J connectivity index is 2.15. The highest BCUT2D eigenvalue weighted by Crippen LogP contribution is 2.31. The maximum absolute atomic E-state index is 11.7. The minimum atomic E-state index is -0.146. The van der Waals surface area contributed by atoms with Gasteiger partial charge in [-0.2, -0.15) is 0 Å². The van der Waals surface area contributed by atoms with Crippen LogP contribution in [0.15, 0.2) is 18.2 Å². The van der Waals surface area contributed by atoms with E-state index in [1.54, 1.807) is 13.1 Å². The van der Waals surface area contributed by atoms with Crippen LogP contribution in [0.25, 0.3) is 0 Å². The van der Waals surface area contributed by atoms with E-state index in [4.69, 9.17) is 11.6 Å². The zero-order chi connectivity index (χ0) is 13.8. The largest absolute Gasteiger partial charge is 0.382 e. The van der Waals surface area contributed by atoms with Crippen LogP contribution in [0.1, 0.15) is 43.0 Å². The van der Waals surface area contributed by atoms with Gasteiger partial charge in [0.25, 0.3) is 5.91 Å². The minimum Gasteiger partial charge on any atom is -0.382 e. The lowest BCUT2D eigenvalue weighted by atomic mass is 10.0. The van der Waals surface area contributed by atoms with Crippen LogP contribution in [-0.4, -0.2) is 19.0 Å². The molecule has 0 aliphatic heterocycles. The highest BCUT2D eigenvalue weighted by atomic mass is 35.5. The Bertz CT molecular complexity index is 461. The van der Waals surface area contributed by atoms with Gasteiger partial charge < -0.3 is 10.6 Å². The molecule has 0 saturated heterocycles. The van der Waals surface area contributed by atoms with Crippen molar-refractivity contribution in [1.29, 1.82) is 0 Å². The number of carbonyl (C=O) groups excluding carboxylic acids is 1. The van der Waals surface area contributed by atoms with Crippen molar-refractivity contribution in [2.45, 2.75) is 38.6 Å². The summed E-state index contributed by atoms with van der Waals surface area (Å²) in [5.74, 6) is 0.589. The molecule has 1 fully saturated rings. The summed E-state index contributed by atoms with van der Waals surface area (Å²) in [6, 6.07) is 6.08. The number of amides is 1. The van der Waals surface area contributed by atoms with Crippen molar-refractivity contribution in [3.05, 3.63) is 28.8 Å². The molecule has 1 saturated carbocycles. The fraction of sp³-hybridized carbons (Fsp3) is 0.533. The Labute approximate surface area is 119 Å². The van der Waals surface area contributed by atoms with E-state index in [2.05, 4.69) is 17.6 Å². The van der Waals surface area contributed by atoms with E-state index in [0.29, 0.717) is 16.6 Å². The lowest BCUT2D eigenvalue weighted by Gasteiger charge is -2.21. The molecular weight excluding hydrogens is 260 g/mol. The van der Waals surface area contributed by atoms with Crippen LogP contribution in [0.3, 0.4) is 0 Å². The van der Waals surface area contributed by atoms with Gasteiger partial charge in [-0.15, -0.1) is 0 Å². The maximum Gasteiger partial charge on any atom is 0.252 e. The van der Waals surface area contributed by atoms with Gasteiger partial charge in [-0.1, -0.05) is 31.4 Å². The summed E-state index contributed by atoms with van der Waals surface area (Å²) in [6.07, 6.45) is 4.99. The normalized spacial score (nSPS) is 22.3. The fourth-order valence-electron chi connectivity index (χ4n) is 2.85. The molecule has 4 heteroatoms. The molecule has 1 aliphatic rings. The fourth-order valence-corrected chi connectivity index (χ4v) is 3.06. The summed E-state index contributed by atoms with van der Waals surface area (Å²) in [4.78, 5) is 11.7. The molecule has 3 nitrogen and oxygen atoms in total. The number of hydrogen-bond acceptors (Lipinski definition) is 2. The first kappa shape index (κ1) is 14.2. The number of rotatable bonds is 4. The lowest BCUT2D eigenvalue weighted by Crippen LogP contribution is -2.24. The van der Waals surface area contributed by atoms with Crippen molar-refractivity contribution in [3.63, 3.8) is 0 Å². The van der Waals surface area contributed by atoms with Crippen LogP contribution in [0.4, 0.5) is 5.69 Å². The van der Waals surface area contributed by atoms with Gasteiger partial charge in [0, 0.05) is 18.8 Å². The first-order valence-electron chi connectivity index (χ1n) is 6.94. The Kier molecular flexibility index (Phi) is 4.70. The first-order valence-corrected chi connectivity index (χ1v) is 7.31. The zero-order valence-corrected chi connectivity index (χ0v) is 12.3. The van der Waals surface area contributed by atoms with E-state index in [0.717, 1.165) is 11.6 Å². The van der Waals surface area contributed by atoms with Gasteiger partial charge in [-0.05, 0) is 37.0 Å². The minimum absolute atomic E-state index is 0.146. The molecule has 0 spiro atoms. The summed E-state index contributed by atoms with van der Waals surface area (Å²) < 4.78 is 0. The number of hydrogen-bond donors (Lipinski definition) is 2. The molecule has 2 unspecified atom stereocenters. The summed E-state index contributed by atoms with van der Waals surface area (Å²) in [6.45, 7) is 2.24. The molecule has 0 heterocycles. The molecule has 2 rings (SSSR count). The molecular formula is C15H21ClN2O. The van der Waals surface area contributed by atoms with Crippen LogP contribution in [0.5, 0.6) is 0 Å². The van der Waals surface area contributed by atoms with Crippen LogP contribution < -0.4 is 10.6 Å². The lowest BCUT2D eigenvalue weighted by molar-refractivity contribution is 0.0963. The van der Waals surface area contributed by atoms with Crippen molar-refractivity contribution >= 4 is 23.2 Å². The number of benzene rings is 1. The Morgan fingerprint density at radius 1 is 1.42 bits per heavy atom. The SMILES string of the molecule is CCC1CCCC1Nc1ccc(Cl)c(C(=O)NC)c1. The van der Waals surface area contributed by atoms with Crippen molar-refractivity contribution in [2.24, 2.45) is 5.92 Å². The average molecular weight is 281 g/mol. The highest BCUT2D eigenvalue weighted by molar-refractivity contribution is 6.34. The highest BCUT2D eigenvalue weighted by Gasteiger charge is 2.25. The third-order valence-electron chi connectivity index (χ3n) is 3.97. The van der Waals surface area contributed by atoms with Crippen LogP contribution in [0.2, 0.25) is 5.02 Å². The molecule has 19 heavy (non-hydrogen) atoms. The summed E-state index contributed by atoms with van der Waals surface area (Å²) in [7, 11) is 1.61. The van der Waals surface area contributed by atoms with Crippen LogP contribution >= 0.6 is 11.6 Å². The average Bonchev–Trinajstić information content (AvgIpc) is 2.87. The molecule has 1 amide bonds. The van der Waals surface area contributed by atoms with Gasteiger partial charge in [0.05, 0.1) is 10.6 Å². The molecule has 2 N–H and O–H groups in total. The van der Waals surface area contributed by atoms with Crippen molar-refractivity contribution in [3.8, 4) is 0 Å². The van der Waals surface area contributed by atoms with E-state index in [1.807, 2.05) is 12.1 Å². The second-order valence-corrected chi connectivity index (χ2v) is 5.53. The Morgan fingerprint density at radius 3 is 2.89 bits per heavy atom. The number of carbonyl (C=O) groups is 1. The first-order chi connectivity index (χ1) is 9.15. The molecule has 1 aromatic rings. The van der Waals surface area contributed by atoms with Gasteiger partial charge in [0.15, 0.2) is 0 Å². The van der Waals surface area contributed by atoms with Crippen LogP contribution in [-0.2, 0) is 0 Å². The standard InChI is InChI=1S/C15H21ClN2O/c1-3-10-5-4-6-14(10)18-11-7-8-13(16)12(9-11)15(19)17-2/h7-10,14,18H,3-6H2,1-2H3,(H,17,19). The molecule has 104 valence electrons. The number of anilines is 1. The maximum atomic E-state index is 11.7. The predicted molar refractivity (Wildman–Crippen MR) is 79.9 cm³/mol. The van der Waals surface area contributed by atoms with Gasteiger partial charge in [-0.3, -0.25) is 4.79 Å². The Morgan fingerprint density at radius 2 is 2.21 bits per heavy atom. The Hall–Kier alpha value is -1.22. The molecule has 0 bridgehead atoms. The molecule has 2 atom stereocenters. The van der Waals surface area contributed by atoms with Crippen molar-refractivity contribution in [2.75, 3.05) is 12.4 Å². The monoisotopic (exact) mass is 280 g/mol. The topological polar surface area (TPSA) is 41.1 Å². The van der Waals surface area contributed by atoms with Gasteiger partial charge in [0.2, 0.25) is 0 Å². The van der Waals surface area contributed by atoms with E-state index < -0.39 is 0 Å². The van der Waals surface area contributed by atoms with E-state index >= 15 is 0 Å². The third-order valence-corrected chi connectivity index (χ3v) is 4.30. The second-order valence-electron chi connectivity index (χ2n) is 5.12. The molecule has 0 aromatic heterocycles. The quantitative estimate of drug-likeness (QED) is 0.883. The zero-order valence-electron chi connectivity index (χ0n) is 11.5. The number of nitrogens with one attached hydrogen (secondary N) is 2. The molecule has 1 aromatic carbocycles. The van der Waals surface area contributed by atoms with Gasteiger partial charge in [-0.25, -0.2) is 0 Å². The van der Waals surface area contributed by atoms with E-state index in [1.165, 1.54) is 25.7 Å². The van der Waals surface area contributed by atoms with Gasteiger partial charge >= 0.3 is 0 Å². The molecule has 0 radical (unpaired) electrons. The van der Waals surface area contributed by atoms with Crippen LogP contribution in [0, 0.1) is 5.92 Å². The van der Waals surface area contributed by atoms with E-state index in [-0.39, 0.29) is 5.91 Å². The van der Waals surface area contributed by atoms with Crippen molar-refractivity contribution in [1.82, 2.24) is 5.32 Å². The summed E-state index contributed by atoms with van der Waals surface area (Å²) in [5, 5.41) is 6.65. The van der Waals surface area contributed by atoms with Crippen molar-refractivity contribution < 1.29 is 4.79 Å². The number of halogens is 1. The second kappa shape index (κ2) is 6.29. The third kappa shape index (κ3) is 3.21. The summed E-state index contributed by atoms with van der Waals surface area (Å²) in [5.41, 5.74) is 1.51. The summed E-state index contributed by atoms with van der Waals surface area (Å²) >= 11 is 6.05. The predicted octanol–water partition coefficient (Wildman–Crippen LogP) is 3.69. The smallest absolute Gasteiger partial charge is 0.252 e. The molecule has 1 aliphatic carbocycles. The van der Waals surface area contributed by atoms with Gasteiger partial charge in [0.1, 0.15) is 0 Å². The van der Waals surface area contributed by atoms with E-state index in [9.17, 15) is 4.79 Å².